The fourth-order valence-electron chi connectivity index (χ4n) is 3.89. The van der Waals surface area contributed by atoms with Crippen molar-refractivity contribution in [1.82, 2.24) is 10.6 Å². The van der Waals surface area contributed by atoms with Crippen molar-refractivity contribution >= 4 is 5.91 Å². The van der Waals surface area contributed by atoms with Gasteiger partial charge in [-0.3, -0.25) is 4.79 Å². The molecule has 0 aliphatic carbocycles. The van der Waals surface area contributed by atoms with E-state index in [-0.39, 0.29) is 17.2 Å². The van der Waals surface area contributed by atoms with Gasteiger partial charge in [0.05, 0.1) is 0 Å². The first-order valence-electron chi connectivity index (χ1n) is 8.84. The van der Waals surface area contributed by atoms with Gasteiger partial charge in [0.2, 0.25) is 5.91 Å². The molecule has 0 saturated carbocycles. The number of amides is 1. The minimum Gasteiger partial charge on any atom is -0.381 e. The number of ether oxygens (including phenoxy) is 1. The summed E-state index contributed by atoms with van der Waals surface area (Å²) in [5, 5.41) is 6.67. The van der Waals surface area contributed by atoms with Crippen LogP contribution in [0.15, 0.2) is 30.3 Å². The number of nitrogens with one attached hydrogen (secondary N) is 2. The molecule has 2 atom stereocenters. The van der Waals surface area contributed by atoms with Crippen molar-refractivity contribution < 1.29 is 9.53 Å². The van der Waals surface area contributed by atoms with Crippen molar-refractivity contribution in [2.24, 2.45) is 5.92 Å². The summed E-state index contributed by atoms with van der Waals surface area (Å²) in [6.07, 6.45) is 3.82. The highest BCUT2D eigenvalue weighted by Crippen LogP contribution is 2.34. The summed E-state index contributed by atoms with van der Waals surface area (Å²) in [6, 6.07) is 11.0. The van der Waals surface area contributed by atoms with E-state index < -0.39 is 0 Å². The zero-order valence-corrected chi connectivity index (χ0v) is 14.0. The fourth-order valence-corrected chi connectivity index (χ4v) is 3.89. The number of hydrogen-bond acceptors (Lipinski definition) is 3. The molecule has 0 spiro atoms. The second-order valence-electron chi connectivity index (χ2n) is 7.05. The summed E-state index contributed by atoms with van der Waals surface area (Å²) < 4.78 is 5.56. The molecule has 0 aromatic heterocycles. The monoisotopic (exact) mass is 316 g/mol. The van der Waals surface area contributed by atoms with Crippen LogP contribution in [0, 0.1) is 5.92 Å². The van der Waals surface area contributed by atoms with Crippen LogP contribution < -0.4 is 10.6 Å². The first-order valence-corrected chi connectivity index (χ1v) is 8.84. The Bertz CT molecular complexity index is 511. The Labute approximate surface area is 139 Å². The van der Waals surface area contributed by atoms with Gasteiger partial charge in [0.15, 0.2) is 0 Å². The lowest BCUT2D eigenvalue weighted by Gasteiger charge is -2.38. The Morgan fingerprint density at radius 3 is 2.74 bits per heavy atom. The molecule has 2 N–H and O–H groups in total. The van der Waals surface area contributed by atoms with E-state index in [0.29, 0.717) is 6.04 Å². The van der Waals surface area contributed by atoms with Crippen molar-refractivity contribution in [3.63, 3.8) is 0 Å². The molecule has 2 heterocycles. The maximum Gasteiger partial charge on any atom is 0.223 e. The minimum atomic E-state index is 0.0215. The molecule has 0 radical (unpaired) electrons. The van der Waals surface area contributed by atoms with Gasteiger partial charge in [-0.05, 0) is 44.7 Å². The summed E-state index contributed by atoms with van der Waals surface area (Å²) in [6.45, 7) is 5.36. The van der Waals surface area contributed by atoms with E-state index in [4.69, 9.17) is 4.74 Å². The maximum absolute atomic E-state index is 12.6. The summed E-state index contributed by atoms with van der Waals surface area (Å²) in [4.78, 5) is 12.6. The van der Waals surface area contributed by atoms with Gasteiger partial charge in [0, 0.05) is 37.1 Å². The maximum atomic E-state index is 12.6. The second kappa shape index (κ2) is 7.45. The highest BCUT2D eigenvalue weighted by atomic mass is 16.5. The lowest BCUT2D eigenvalue weighted by molar-refractivity contribution is -0.126. The molecule has 126 valence electrons. The first-order chi connectivity index (χ1) is 11.2. The minimum absolute atomic E-state index is 0.0215. The van der Waals surface area contributed by atoms with Crippen molar-refractivity contribution in [3.05, 3.63) is 35.9 Å². The largest absolute Gasteiger partial charge is 0.381 e. The van der Waals surface area contributed by atoms with E-state index in [1.807, 2.05) is 6.07 Å². The van der Waals surface area contributed by atoms with Crippen molar-refractivity contribution in [2.45, 2.75) is 44.1 Å². The highest BCUT2D eigenvalue weighted by molar-refractivity contribution is 5.79. The molecule has 1 aromatic carbocycles. The molecule has 0 unspecified atom stereocenters. The van der Waals surface area contributed by atoms with Gasteiger partial charge in [-0.1, -0.05) is 30.3 Å². The average Bonchev–Trinajstić information content (AvgIpc) is 2.61. The summed E-state index contributed by atoms with van der Waals surface area (Å²) in [7, 11) is 0. The Kier molecular flexibility index (Phi) is 5.34. The predicted molar refractivity (Wildman–Crippen MR) is 91.4 cm³/mol. The molecular weight excluding hydrogens is 288 g/mol. The van der Waals surface area contributed by atoms with E-state index in [0.717, 1.165) is 52.0 Å². The zero-order valence-electron chi connectivity index (χ0n) is 14.0. The molecule has 1 amide bonds. The molecule has 1 aromatic rings. The van der Waals surface area contributed by atoms with Gasteiger partial charge < -0.3 is 15.4 Å². The van der Waals surface area contributed by atoms with Crippen LogP contribution in [0.4, 0.5) is 0 Å². The average molecular weight is 316 g/mol. The van der Waals surface area contributed by atoms with E-state index >= 15 is 0 Å². The molecule has 4 nitrogen and oxygen atoms in total. The Hall–Kier alpha value is -1.39. The van der Waals surface area contributed by atoms with Crippen LogP contribution in [0.3, 0.4) is 0 Å². The molecule has 2 saturated heterocycles. The van der Waals surface area contributed by atoms with E-state index in [2.05, 4.69) is 41.8 Å². The van der Waals surface area contributed by atoms with Crippen LogP contribution in [0.1, 0.15) is 38.2 Å². The molecule has 3 rings (SSSR count). The number of carbonyl (C=O) groups is 1. The molecule has 2 aliphatic heterocycles. The van der Waals surface area contributed by atoms with E-state index in [1.165, 1.54) is 5.56 Å². The van der Waals surface area contributed by atoms with Crippen molar-refractivity contribution in [1.29, 1.82) is 0 Å². The molecule has 23 heavy (non-hydrogen) atoms. The smallest absolute Gasteiger partial charge is 0.223 e. The highest BCUT2D eigenvalue weighted by Gasteiger charge is 2.35. The van der Waals surface area contributed by atoms with Gasteiger partial charge >= 0.3 is 0 Å². The van der Waals surface area contributed by atoms with Crippen LogP contribution in [0.2, 0.25) is 0 Å². The standard InChI is InChI=1S/C19H28N2O2/c1-15-13-16(7-10-20-15)18(22)21-14-19(8-11-23-12-9-19)17-5-3-2-4-6-17/h2-6,15-16,20H,7-14H2,1H3,(H,21,22)/t15-,16-/m0/s1. The van der Waals surface area contributed by atoms with Gasteiger partial charge in [-0.25, -0.2) is 0 Å². The first kappa shape index (κ1) is 16.5. The molecular formula is C19H28N2O2. The number of piperidine rings is 1. The molecule has 2 fully saturated rings. The Morgan fingerprint density at radius 1 is 1.30 bits per heavy atom. The lowest BCUT2D eigenvalue weighted by Crippen LogP contribution is -2.48. The third kappa shape index (κ3) is 3.93. The molecule has 4 heteroatoms. The van der Waals surface area contributed by atoms with Crippen LogP contribution in [0.5, 0.6) is 0 Å². The van der Waals surface area contributed by atoms with Gasteiger partial charge in [-0.2, -0.15) is 0 Å². The Morgan fingerprint density at radius 2 is 2.04 bits per heavy atom. The van der Waals surface area contributed by atoms with E-state index in [1.54, 1.807) is 0 Å². The van der Waals surface area contributed by atoms with Crippen LogP contribution >= 0.6 is 0 Å². The number of rotatable bonds is 4. The summed E-state index contributed by atoms with van der Waals surface area (Å²) in [5.74, 6) is 0.374. The third-order valence-electron chi connectivity index (χ3n) is 5.43. The predicted octanol–water partition coefficient (Wildman–Crippen LogP) is 2.24. The SMILES string of the molecule is C[C@H]1C[C@@H](C(=O)NCC2(c3ccccc3)CCOCC2)CCN1. The lowest BCUT2D eigenvalue weighted by atomic mass is 9.74. The van der Waals surface area contributed by atoms with Crippen LogP contribution in [-0.2, 0) is 14.9 Å². The third-order valence-corrected chi connectivity index (χ3v) is 5.43. The van der Waals surface area contributed by atoms with Crippen molar-refractivity contribution in [3.8, 4) is 0 Å². The normalized spacial score (nSPS) is 27.3. The summed E-state index contributed by atoms with van der Waals surface area (Å²) in [5.41, 5.74) is 1.34. The Balaban J connectivity index is 1.66. The van der Waals surface area contributed by atoms with Gasteiger partial charge in [0.1, 0.15) is 0 Å². The second-order valence-corrected chi connectivity index (χ2v) is 7.05. The van der Waals surface area contributed by atoms with Crippen LogP contribution in [0.25, 0.3) is 0 Å². The molecule has 2 aliphatic rings. The zero-order chi connectivity index (χ0) is 16.1. The van der Waals surface area contributed by atoms with Crippen LogP contribution in [-0.4, -0.2) is 38.3 Å². The molecule has 0 bridgehead atoms. The number of benzene rings is 1. The number of hydrogen-bond donors (Lipinski definition) is 2. The number of carbonyl (C=O) groups excluding carboxylic acids is 1. The topological polar surface area (TPSA) is 50.4 Å². The summed E-state index contributed by atoms with van der Waals surface area (Å²) >= 11 is 0. The van der Waals surface area contributed by atoms with E-state index in [9.17, 15) is 4.79 Å². The quantitative estimate of drug-likeness (QED) is 0.896. The van der Waals surface area contributed by atoms with Crippen molar-refractivity contribution in [2.75, 3.05) is 26.3 Å². The fraction of sp³-hybridized carbons (Fsp3) is 0.632. The van der Waals surface area contributed by atoms with Gasteiger partial charge in [-0.15, -0.1) is 0 Å². The van der Waals surface area contributed by atoms with Gasteiger partial charge in [0.25, 0.3) is 0 Å².